The molecule has 3 nitrogen and oxygen atoms in total. The SMILES string of the molecule is CCNC(c1ccsc1)c1cc(OC)c(OC)cc1Cl. The molecule has 0 radical (unpaired) electrons. The lowest BCUT2D eigenvalue weighted by atomic mass is 10.0. The highest BCUT2D eigenvalue weighted by molar-refractivity contribution is 7.08. The normalized spacial score (nSPS) is 12.2. The average molecular weight is 312 g/mol. The molecule has 108 valence electrons. The van der Waals surface area contributed by atoms with Gasteiger partial charge in [-0.2, -0.15) is 11.3 Å². The van der Waals surface area contributed by atoms with Gasteiger partial charge in [-0.15, -0.1) is 0 Å². The molecule has 1 unspecified atom stereocenters. The maximum Gasteiger partial charge on any atom is 0.162 e. The van der Waals surface area contributed by atoms with Crippen molar-refractivity contribution in [2.45, 2.75) is 13.0 Å². The second kappa shape index (κ2) is 6.97. The van der Waals surface area contributed by atoms with Gasteiger partial charge >= 0.3 is 0 Å². The van der Waals surface area contributed by atoms with E-state index >= 15 is 0 Å². The number of methoxy groups -OCH3 is 2. The van der Waals surface area contributed by atoms with Gasteiger partial charge in [-0.1, -0.05) is 18.5 Å². The van der Waals surface area contributed by atoms with E-state index in [1.165, 1.54) is 5.56 Å². The van der Waals surface area contributed by atoms with Crippen molar-refractivity contribution in [1.29, 1.82) is 0 Å². The van der Waals surface area contributed by atoms with Crippen LogP contribution < -0.4 is 14.8 Å². The van der Waals surface area contributed by atoms with Crippen LogP contribution >= 0.6 is 22.9 Å². The first-order valence-corrected chi connectivity index (χ1v) is 7.70. The topological polar surface area (TPSA) is 30.5 Å². The molecule has 0 fully saturated rings. The number of halogens is 1. The van der Waals surface area contributed by atoms with E-state index in [2.05, 4.69) is 29.1 Å². The zero-order chi connectivity index (χ0) is 14.5. The summed E-state index contributed by atoms with van der Waals surface area (Å²) in [7, 11) is 3.23. The van der Waals surface area contributed by atoms with Crippen molar-refractivity contribution < 1.29 is 9.47 Å². The highest BCUT2D eigenvalue weighted by Crippen LogP contribution is 2.38. The lowest BCUT2D eigenvalue weighted by molar-refractivity contribution is 0.354. The first kappa shape index (κ1) is 15.2. The third kappa shape index (κ3) is 3.08. The van der Waals surface area contributed by atoms with Crippen molar-refractivity contribution in [1.82, 2.24) is 5.32 Å². The Morgan fingerprint density at radius 3 is 2.50 bits per heavy atom. The van der Waals surface area contributed by atoms with Gasteiger partial charge in [0.15, 0.2) is 11.5 Å². The Hall–Kier alpha value is -1.23. The van der Waals surface area contributed by atoms with Gasteiger partial charge in [-0.3, -0.25) is 0 Å². The van der Waals surface area contributed by atoms with E-state index < -0.39 is 0 Å². The predicted octanol–water partition coefficient (Wildman–Crippen LogP) is 4.12. The first-order chi connectivity index (χ1) is 9.71. The highest BCUT2D eigenvalue weighted by Gasteiger charge is 2.19. The fraction of sp³-hybridized carbons (Fsp3) is 0.333. The summed E-state index contributed by atoms with van der Waals surface area (Å²) in [6.45, 7) is 2.93. The molecule has 1 N–H and O–H groups in total. The Morgan fingerprint density at radius 1 is 1.25 bits per heavy atom. The Balaban J connectivity index is 2.48. The second-order valence-electron chi connectivity index (χ2n) is 4.28. The molecule has 0 aliphatic heterocycles. The monoisotopic (exact) mass is 311 g/mol. The number of hydrogen-bond donors (Lipinski definition) is 1. The first-order valence-electron chi connectivity index (χ1n) is 6.38. The Labute approximate surface area is 128 Å². The van der Waals surface area contributed by atoms with Crippen molar-refractivity contribution in [2.24, 2.45) is 0 Å². The molecule has 5 heteroatoms. The summed E-state index contributed by atoms with van der Waals surface area (Å²) in [5, 5.41) is 8.31. The van der Waals surface area contributed by atoms with E-state index in [4.69, 9.17) is 21.1 Å². The minimum absolute atomic E-state index is 0.0542. The second-order valence-corrected chi connectivity index (χ2v) is 5.46. The predicted molar refractivity (Wildman–Crippen MR) is 84.4 cm³/mol. The van der Waals surface area contributed by atoms with Gasteiger partial charge in [-0.05, 0) is 40.6 Å². The number of rotatable bonds is 6. The van der Waals surface area contributed by atoms with Crippen molar-refractivity contribution >= 4 is 22.9 Å². The molecule has 2 aromatic rings. The zero-order valence-corrected chi connectivity index (χ0v) is 13.3. The molecular weight excluding hydrogens is 294 g/mol. The van der Waals surface area contributed by atoms with Gasteiger partial charge in [0.25, 0.3) is 0 Å². The third-order valence-corrected chi connectivity index (χ3v) is 4.13. The van der Waals surface area contributed by atoms with Gasteiger partial charge in [0.05, 0.1) is 20.3 Å². The number of benzene rings is 1. The summed E-state index contributed by atoms with van der Waals surface area (Å²) in [4.78, 5) is 0. The minimum Gasteiger partial charge on any atom is -0.493 e. The maximum atomic E-state index is 6.41. The van der Waals surface area contributed by atoms with Crippen LogP contribution in [0, 0.1) is 0 Å². The molecule has 0 saturated heterocycles. The van der Waals surface area contributed by atoms with E-state index in [-0.39, 0.29) is 6.04 Å². The standard InChI is InChI=1S/C15H18ClNO2S/c1-4-17-15(10-5-6-20-9-10)11-7-13(18-2)14(19-3)8-12(11)16/h5-9,15,17H,4H2,1-3H3. The van der Waals surface area contributed by atoms with Gasteiger partial charge in [0, 0.05) is 11.1 Å². The Kier molecular flexibility index (Phi) is 5.29. The molecule has 0 aliphatic carbocycles. The van der Waals surface area contributed by atoms with Crippen LogP contribution in [0.3, 0.4) is 0 Å². The van der Waals surface area contributed by atoms with E-state index in [1.54, 1.807) is 31.6 Å². The van der Waals surface area contributed by atoms with Crippen LogP contribution in [0.5, 0.6) is 11.5 Å². The fourth-order valence-corrected chi connectivity index (χ4v) is 3.09. The third-order valence-electron chi connectivity index (χ3n) is 3.10. The van der Waals surface area contributed by atoms with Crippen LogP contribution in [0.2, 0.25) is 5.02 Å². The zero-order valence-electron chi connectivity index (χ0n) is 11.8. The Morgan fingerprint density at radius 2 is 1.95 bits per heavy atom. The molecular formula is C15H18ClNO2S. The number of thiophene rings is 1. The lowest BCUT2D eigenvalue weighted by Gasteiger charge is -2.20. The van der Waals surface area contributed by atoms with Gasteiger partial charge in [-0.25, -0.2) is 0 Å². The Bertz CT molecular complexity index is 557. The average Bonchev–Trinajstić information content (AvgIpc) is 2.98. The van der Waals surface area contributed by atoms with Crippen LogP contribution in [-0.4, -0.2) is 20.8 Å². The molecule has 1 aromatic carbocycles. The number of nitrogens with one attached hydrogen (secondary N) is 1. The number of hydrogen-bond acceptors (Lipinski definition) is 4. The molecule has 1 heterocycles. The van der Waals surface area contributed by atoms with Crippen molar-refractivity contribution in [3.8, 4) is 11.5 Å². The van der Waals surface area contributed by atoms with Gasteiger partial charge < -0.3 is 14.8 Å². The summed E-state index contributed by atoms with van der Waals surface area (Å²) in [6.07, 6.45) is 0. The smallest absolute Gasteiger partial charge is 0.162 e. The van der Waals surface area contributed by atoms with Crippen LogP contribution in [-0.2, 0) is 0 Å². The maximum absolute atomic E-state index is 6.41. The van der Waals surface area contributed by atoms with Crippen molar-refractivity contribution in [3.63, 3.8) is 0 Å². The van der Waals surface area contributed by atoms with E-state index in [0.717, 1.165) is 12.1 Å². The van der Waals surface area contributed by atoms with Crippen LogP contribution in [0.4, 0.5) is 0 Å². The molecule has 1 atom stereocenters. The van der Waals surface area contributed by atoms with Gasteiger partial charge in [0.2, 0.25) is 0 Å². The van der Waals surface area contributed by atoms with E-state index in [0.29, 0.717) is 16.5 Å². The molecule has 0 aliphatic rings. The molecule has 0 bridgehead atoms. The van der Waals surface area contributed by atoms with E-state index in [1.807, 2.05) is 6.07 Å². The number of ether oxygens (including phenoxy) is 2. The molecule has 2 rings (SSSR count). The summed E-state index contributed by atoms with van der Waals surface area (Å²) < 4.78 is 10.6. The van der Waals surface area contributed by atoms with Crippen LogP contribution in [0.25, 0.3) is 0 Å². The van der Waals surface area contributed by atoms with Crippen molar-refractivity contribution in [3.05, 3.63) is 45.1 Å². The van der Waals surface area contributed by atoms with Gasteiger partial charge in [0.1, 0.15) is 0 Å². The fourth-order valence-electron chi connectivity index (χ4n) is 2.14. The van der Waals surface area contributed by atoms with Crippen LogP contribution in [0.15, 0.2) is 29.0 Å². The summed E-state index contributed by atoms with van der Waals surface area (Å²) in [6, 6.07) is 5.89. The highest BCUT2D eigenvalue weighted by atomic mass is 35.5. The van der Waals surface area contributed by atoms with E-state index in [9.17, 15) is 0 Å². The summed E-state index contributed by atoms with van der Waals surface area (Å²) >= 11 is 8.09. The summed E-state index contributed by atoms with van der Waals surface area (Å²) in [5.41, 5.74) is 2.19. The quantitative estimate of drug-likeness (QED) is 0.870. The largest absolute Gasteiger partial charge is 0.493 e. The molecule has 0 amide bonds. The molecule has 1 aromatic heterocycles. The van der Waals surface area contributed by atoms with Crippen molar-refractivity contribution in [2.75, 3.05) is 20.8 Å². The molecule has 20 heavy (non-hydrogen) atoms. The minimum atomic E-state index is 0.0542. The molecule has 0 spiro atoms. The molecule has 0 saturated carbocycles. The summed E-state index contributed by atoms with van der Waals surface area (Å²) in [5.74, 6) is 1.33. The lowest BCUT2D eigenvalue weighted by Crippen LogP contribution is -2.22. The van der Waals surface area contributed by atoms with Crippen LogP contribution in [0.1, 0.15) is 24.1 Å².